The molecule has 0 spiro atoms. The van der Waals surface area contributed by atoms with E-state index in [4.69, 9.17) is 28.5 Å². The Balaban J connectivity index is 1.33. The molecule has 180 valence electrons. The lowest BCUT2D eigenvalue weighted by atomic mass is 10.2. The summed E-state index contributed by atoms with van der Waals surface area (Å²) >= 11 is 12.5. The van der Waals surface area contributed by atoms with Gasteiger partial charge in [0.2, 0.25) is 0 Å². The van der Waals surface area contributed by atoms with Crippen molar-refractivity contribution in [1.29, 1.82) is 5.26 Å². The monoisotopic (exact) mass is 516 g/mol. The van der Waals surface area contributed by atoms with Crippen molar-refractivity contribution >= 4 is 34.8 Å². The number of amides is 1. The third kappa shape index (κ3) is 5.07. The number of rotatable bonds is 5. The first-order valence-electron chi connectivity index (χ1n) is 11.4. The Hall–Kier alpha value is -3.83. The summed E-state index contributed by atoms with van der Waals surface area (Å²) in [5.41, 5.74) is 6.52. The molecule has 36 heavy (non-hydrogen) atoms. The largest absolute Gasteiger partial charge is 0.369 e. The molecule has 7 nitrogen and oxygen atoms in total. The highest BCUT2D eigenvalue weighted by Gasteiger charge is 2.22. The predicted molar refractivity (Wildman–Crippen MR) is 141 cm³/mol. The number of benzene rings is 3. The molecule has 2 heterocycles. The number of halogens is 2. The van der Waals surface area contributed by atoms with Gasteiger partial charge in [-0.1, -0.05) is 35.3 Å². The van der Waals surface area contributed by atoms with E-state index in [2.05, 4.69) is 21.4 Å². The van der Waals surface area contributed by atoms with Crippen LogP contribution in [0.15, 0.2) is 79.0 Å². The van der Waals surface area contributed by atoms with Crippen LogP contribution in [0.2, 0.25) is 10.0 Å². The Morgan fingerprint density at radius 3 is 2.22 bits per heavy atom. The van der Waals surface area contributed by atoms with E-state index in [9.17, 15) is 4.79 Å². The molecule has 9 heteroatoms. The molecule has 1 N–H and O–H groups in total. The number of carbonyl (C=O) groups is 1. The van der Waals surface area contributed by atoms with Gasteiger partial charge in [-0.2, -0.15) is 5.26 Å². The SMILES string of the molecule is N#Cc1ccc(N2CCN(NC(=O)c3cn(-c4ccc(Cl)cc4)c(-c4ccccc4Cl)n3)CC2)cc1. The molecule has 1 aliphatic heterocycles. The second kappa shape index (κ2) is 10.4. The minimum Gasteiger partial charge on any atom is -0.369 e. The lowest BCUT2D eigenvalue weighted by Gasteiger charge is -2.35. The van der Waals surface area contributed by atoms with Crippen LogP contribution in [0.25, 0.3) is 17.1 Å². The zero-order valence-corrected chi connectivity index (χ0v) is 20.7. The molecule has 0 saturated carbocycles. The number of carbonyl (C=O) groups excluding carboxylic acids is 1. The molecule has 3 aromatic carbocycles. The minimum atomic E-state index is -0.289. The Kier molecular flexibility index (Phi) is 6.92. The first kappa shape index (κ1) is 23.9. The van der Waals surface area contributed by atoms with Crippen LogP contribution >= 0.6 is 23.2 Å². The normalized spacial score (nSPS) is 13.9. The summed E-state index contributed by atoms with van der Waals surface area (Å²) in [6.45, 7) is 2.80. The van der Waals surface area contributed by atoms with Crippen LogP contribution in [0.1, 0.15) is 16.1 Å². The molecule has 4 aromatic rings. The maximum Gasteiger partial charge on any atom is 0.285 e. The average Bonchev–Trinajstić information content (AvgIpc) is 3.35. The Morgan fingerprint density at radius 1 is 0.889 bits per heavy atom. The summed E-state index contributed by atoms with van der Waals surface area (Å²) in [4.78, 5) is 20.1. The van der Waals surface area contributed by atoms with Crippen LogP contribution in [-0.2, 0) is 0 Å². The zero-order valence-electron chi connectivity index (χ0n) is 19.2. The van der Waals surface area contributed by atoms with Crippen LogP contribution in [0.4, 0.5) is 5.69 Å². The summed E-state index contributed by atoms with van der Waals surface area (Å²) in [5, 5.41) is 12.1. The molecule has 5 rings (SSSR count). The first-order valence-corrected chi connectivity index (χ1v) is 12.2. The van der Waals surface area contributed by atoms with Crippen molar-refractivity contribution in [2.75, 3.05) is 31.1 Å². The van der Waals surface area contributed by atoms with Gasteiger partial charge in [0.05, 0.1) is 16.7 Å². The van der Waals surface area contributed by atoms with Crippen molar-refractivity contribution < 1.29 is 4.79 Å². The molecule has 1 aromatic heterocycles. The number of nitrogens with zero attached hydrogens (tertiary/aromatic N) is 5. The van der Waals surface area contributed by atoms with Crippen LogP contribution in [-0.4, -0.2) is 46.6 Å². The number of aromatic nitrogens is 2. The lowest BCUT2D eigenvalue weighted by molar-refractivity contribution is 0.0772. The van der Waals surface area contributed by atoms with Gasteiger partial charge in [0.15, 0.2) is 0 Å². The zero-order chi connectivity index (χ0) is 25.1. The van der Waals surface area contributed by atoms with Gasteiger partial charge in [-0.3, -0.25) is 14.8 Å². The molecular formula is C27H22Cl2N6O. The lowest BCUT2D eigenvalue weighted by Crippen LogP contribution is -2.53. The Bertz CT molecular complexity index is 1420. The van der Waals surface area contributed by atoms with Crippen molar-refractivity contribution in [2.24, 2.45) is 0 Å². The van der Waals surface area contributed by atoms with Crippen LogP contribution in [0, 0.1) is 11.3 Å². The van der Waals surface area contributed by atoms with E-state index in [-0.39, 0.29) is 11.6 Å². The van der Waals surface area contributed by atoms with E-state index in [1.165, 1.54) is 0 Å². The molecule has 1 fully saturated rings. The van der Waals surface area contributed by atoms with E-state index in [0.29, 0.717) is 34.5 Å². The van der Waals surface area contributed by atoms with Crippen molar-refractivity contribution in [1.82, 2.24) is 20.0 Å². The van der Waals surface area contributed by atoms with Crippen LogP contribution in [0.5, 0.6) is 0 Å². The standard InChI is InChI=1S/C27H22Cl2N6O/c28-20-7-11-22(12-8-20)35-18-25(31-26(35)23-3-1-2-4-24(23)29)27(36)32-34-15-13-33(14-16-34)21-9-5-19(17-30)6-10-21/h1-12,18H,13-16H2,(H,32,36). The summed E-state index contributed by atoms with van der Waals surface area (Å²) in [6.07, 6.45) is 1.71. The van der Waals surface area contributed by atoms with Crippen molar-refractivity contribution in [3.05, 3.63) is 100 Å². The Labute approximate surface area is 219 Å². The van der Waals surface area contributed by atoms with Crippen molar-refractivity contribution in [3.8, 4) is 23.1 Å². The number of piperazine rings is 1. The van der Waals surface area contributed by atoms with Gasteiger partial charge >= 0.3 is 0 Å². The second-order valence-corrected chi connectivity index (χ2v) is 9.19. The average molecular weight is 517 g/mol. The maximum atomic E-state index is 13.2. The van der Waals surface area contributed by atoms with E-state index >= 15 is 0 Å². The molecule has 0 aliphatic carbocycles. The highest BCUT2D eigenvalue weighted by molar-refractivity contribution is 6.33. The number of hydrazine groups is 1. The summed E-state index contributed by atoms with van der Waals surface area (Å²) < 4.78 is 1.84. The van der Waals surface area contributed by atoms with Gasteiger partial charge in [0.1, 0.15) is 11.5 Å². The van der Waals surface area contributed by atoms with Crippen molar-refractivity contribution in [2.45, 2.75) is 0 Å². The third-order valence-corrected chi connectivity index (χ3v) is 6.64. The molecule has 0 unspecified atom stereocenters. The van der Waals surface area contributed by atoms with E-state index in [1.807, 2.05) is 64.2 Å². The third-order valence-electron chi connectivity index (χ3n) is 6.06. The number of anilines is 1. The van der Waals surface area contributed by atoms with Crippen LogP contribution < -0.4 is 10.3 Å². The first-order chi connectivity index (χ1) is 17.5. The van der Waals surface area contributed by atoms with Crippen molar-refractivity contribution in [3.63, 3.8) is 0 Å². The topological polar surface area (TPSA) is 77.2 Å². The van der Waals surface area contributed by atoms with E-state index in [0.717, 1.165) is 30.0 Å². The van der Waals surface area contributed by atoms with E-state index in [1.54, 1.807) is 24.4 Å². The maximum absolute atomic E-state index is 13.2. The number of imidazole rings is 1. The fraction of sp³-hybridized carbons (Fsp3) is 0.148. The molecule has 1 saturated heterocycles. The number of hydrogen-bond donors (Lipinski definition) is 1. The number of nitriles is 1. The van der Waals surface area contributed by atoms with E-state index < -0.39 is 0 Å². The fourth-order valence-corrected chi connectivity index (χ4v) is 4.49. The van der Waals surface area contributed by atoms with Gasteiger partial charge < -0.3 is 4.90 Å². The fourth-order valence-electron chi connectivity index (χ4n) is 4.14. The molecule has 0 radical (unpaired) electrons. The molecule has 1 aliphatic rings. The molecular weight excluding hydrogens is 495 g/mol. The molecule has 0 bridgehead atoms. The van der Waals surface area contributed by atoms with Gasteiger partial charge in [-0.05, 0) is 60.7 Å². The molecule has 0 atom stereocenters. The highest BCUT2D eigenvalue weighted by Crippen LogP contribution is 2.29. The number of hydrogen-bond acceptors (Lipinski definition) is 5. The highest BCUT2D eigenvalue weighted by atomic mass is 35.5. The van der Waals surface area contributed by atoms with Gasteiger partial charge in [0, 0.05) is 54.3 Å². The van der Waals surface area contributed by atoms with Gasteiger partial charge in [0.25, 0.3) is 5.91 Å². The summed E-state index contributed by atoms with van der Waals surface area (Å²) in [7, 11) is 0. The minimum absolute atomic E-state index is 0.286. The quantitative estimate of drug-likeness (QED) is 0.395. The second-order valence-electron chi connectivity index (χ2n) is 8.35. The number of nitrogens with one attached hydrogen (secondary N) is 1. The van der Waals surface area contributed by atoms with Gasteiger partial charge in [-0.15, -0.1) is 0 Å². The smallest absolute Gasteiger partial charge is 0.285 e. The summed E-state index contributed by atoms with van der Waals surface area (Å²) in [5.74, 6) is 0.279. The molecule has 1 amide bonds. The van der Waals surface area contributed by atoms with Crippen LogP contribution in [0.3, 0.4) is 0 Å². The van der Waals surface area contributed by atoms with Gasteiger partial charge in [-0.25, -0.2) is 9.99 Å². The summed E-state index contributed by atoms with van der Waals surface area (Å²) in [6, 6.07) is 24.4. The Morgan fingerprint density at radius 2 is 1.56 bits per heavy atom. The predicted octanol–water partition coefficient (Wildman–Crippen LogP) is 5.18.